The molecule has 0 aliphatic carbocycles. The van der Waals surface area contributed by atoms with E-state index in [-0.39, 0.29) is 11.2 Å². The second kappa shape index (κ2) is 7.48. The molecule has 1 amide bonds. The van der Waals surface area contributed by atoms with Crippen molar-refractivity contribution in [2.24, 2.45) is 0 Å². The molecule has 0 saturated carbocycles. The fourth-order valence-corrected chi connectivity index (χ4v) is 3.13. The Morgan fingerprint density at radius 2 is 1.92 bits per heavy atom. The van der Waals surface area contributed by atoms with E-state index in [1.54, 1.807) is 4.68 Å². The fourth-order valence-electron chi connectivity index (χ4n) is 2.33. The van der Waals surface area contributed by atoms with Crippen molar-refractivity contribution >= 4 is 23.4 Å². The number of nitrogens with zero attached hydrogens (tertiary/aromatic N) is 4. The summed E-state index contributed by atoms with van der Waals surface area (Å²) < 4.78 is 1.68. The molecule has 128 valence electrons. The van der Waals surface area contributed by atoms with Crippen LogP contribution in [0.5, 0.6) is 0 Å². The van der Waals surface area contributed by atoms with E-state index in [0.29, 0.717) is 5.16 Å². The van der Waals surface area contributed by atoms with Crippen molar-refractivity contribution in [3.63, 3.8) is 0 Å². The van der Waals surface area contributed by atoms with Gasteiger partial charge in [0.05, 0.1) is 10.9 Å². The molecule has 0 spiro atoms. The summed E-state index contributed by atoms with van der Waals surface area (Å²) in [4.78, 5) is 12.4. The first-order valence-electron chi connectivity index (χ1n) is 7.93. The Balaban J connectivity index is 1.77. The Morgan fingerprint density at radius 1 is 1.16 bits per heavy atom. The summed E-state index contributed by atoms with van der Waals surface area (Å²) in [5, 5.41) is 15.1. The van der Waals surface area contributed by atoms with Crippen molar-refractivity contribution < 1.29 is 4.79 Å². The molecule has 1 heterocycles. The number of hydrogen-bond donors (Lipinski definition) is 1. The maximum absolute atomic E-state index is 12.4. The smallest absolute Gasteiger partial charge is 0.237 e. The molecular formula is C18H19N5OS. The summed E-state index contributed by atoms with van der Waals surface area (Å²) in [5.74, 6) is -0.0910. The molecule has 6 nitrogen and oxygen atoms in total. The first kappa shape index (κ1) is 17.2. The van der Waals surface area contributed by atoms with Crippen molar-refractivity contribution in [1.29, 1.82) is 0 Å². The van der Waals surface area contributed by atoms with Gasteiger partial charge in [-0.3, -0.25) is 4.79 Å². The van der Waals surface area contributed by atoms with E-state index in [0.717, 1.165) is 22.5 Å². The van der Waals surface area contributed by atoms with E-state index in [9.17, 15) is 4.79 Å². The molecule has 3 rings (SSSR count). The van der Waals surface area contributed by atoms with Gasteiger partial charge in [-0.25, -0.2) is 0 Å². The van der Waals surface area contributed by atoms with E-state index >= 15 is 0 Å². The number of rotatable bonds is 5. The lowest BCUT2D eigenvalue weighted by Gasteiger charge is -2.12. The van der Waals surface area contributed by atoms with Crippen molar-refractivity contribution in [1.82, 2.24) is 20.2 Å². The SMILES string of the molecule is Cc1ccc(C)c(-n2nnnc2S[C@H](C)C(=O)Nc2ccccc2)c1. The number of hydrogen-bond acceptors (Lipinski definition) is 5. The molecule has 0 fully saturated rings. The highest BCUT2D eigenvalue weighted by atomic mass is 32.2. The minimum absolute atomic E-state index is 0.0910. The number of aromatic nitrogens is 4. The van der Waals surface area contributed by atoms with Crippen LogP contribution in [0.1, 0.15) is 18.1 Å². The van der Waals surface area contributed by atoms with Crippen molar-refractivity contribution in [3.05, 3.63) is 59.7 Å². The summed E-state index contributed by atoms with van der Waals surface area (Å²) in [6, 6.07) is 15.5. The maximum Gasteiger partial charge on any atom is 0.237 e. The van der Waals surface area contributed by atoms with Crippen LogP contribution in [0.4, 0.5) is 5.69 Å². The number of para-hydroxylation sites is 1. The molecule has 0 unspecified atom stereocenters. The van der Waals surface area contributed by atoms with Gasteiger partial charge in [0.25, 0.3) is 0 Å². The largest absolute Gasteiger partial charge is 0.325 e. The van der Waals surface area contributed by atoms with E-state index < -0.39 is 0 Å². The topological polar surface area (TPSA) is 72.7 Å². The summed E-state index contributed by atoms with van der Waals surface area (Å²) in [7, 11) is 0. The van der Waals surface area contributed by atoms with E-state index in [4.69, 9.17) is 0 Å². The van der Waals surface area contributed by atoms with Crippen molar-refractivity contribution in [3.8, 4) is 5.69 Å². The fraction of sp³-hybridized carbons (Fsp3) is 0.222. The monoisotopic (exact) mass is 353 g/mol. The van der Waals surface area contributed by atoms with E-state index in [1.165, 1.54) is 11.8 Å². The predicted octanol–water partition coefficient (Wildman–Crippen LogP) is 3.40. The number of carbonyl (C=O) groups excluding carboxylic acids is 1. The zero-order valence-corrected chi connectivity index (χ0v) is 15.1. The standard InChI is InChI=1S/C18H19N5OS/c1-12-9-10-13(2)16(11-12)23-18(20-21-22-23)25-14(3)17(24)19-15-7-5-4-6-8-15/h4-11,14H,1-3H3,(H,19,24)/t14-/m1/s1. The number of tetrazole rings is 1. The summed E-state index contributed by atoms with van der Waals surface area (Å²) in [5.41, 5.74) is 3.89. The van der Waals surface area contributed by atoms with Gasteiger partial charge in [-0.1, -0.05) is 42.1 Å². The number of anilines is 1. The average molecular weight is 353 g/mol. The molecule has 2 aromatic carbocycles. The molecule has 0 aliphatic rings. The Hall–Kier alpha value is -2.67. The van der Waals surface area contributed by atoms with Crippen molar-refractivity contribution in [2.75, 3.05) is 5.32 Å². The third-order valence-electron chi connectivity index (χ3n) is 3.73. The second-order valence-electron chi connectivity index (χ2n) is 5.78. The molecule has 0 bridgehead atoms. The van der Waals surface area contributed by atoms with Gasteiger partial charge in [0.15, 0.2) is 0 Å². The Labute approximate surface area is 150 Å². The molecule has 0 radical (unpaired) electrons. The Morgan fingerprint density at radius 3 is 2.68 bits per heavy atom. The molecule has 7 heteroatoms. The van der Waals surface area contributed by atoms with E-state index in [2.05, 4.69) is 20.8 Å². The second-order valence-corrected chi connectivity index (χ2v) is 7.09. The molecule has 1 atom stereocenters. The summed E-state index contributed by atoms with van der Waals surface area (Å²) >= 11 is 1.33. The average Bonchev–Trinajstić information content (AvgIpc) is 3.05. The minimum atomic E-state index is -0.338. The third kappa shape index (κ3) is 4.06. The zero-order valence-electron chi connectivity index (χ0n) is 14.3. The van der Waals surface area contributed by atoms with Gasteiger partial charge in [-0.2, -0.15) is 4.68 Å². The summed E-state index contributed by atoms with van der Waals surface area (Å²) in [6.07, 6.45) is 0. The molecule has 3 aromatic rings. The van der Waals surface area contributed by atoms with Gasteiger partial charge in [0.2, 0.25) is 11.1 Å². The van der Waals surface area contributed by atoms with Crippen LogP contribution in [-0.2, 0) is 4.79 Å². The van der Waals surface area contributed by atoms with Crippen LogP contribution in [0.25, 0.3) is 5.69 Å². The highest BCUT2D eigenvalue weighted by Crippen LogP contribution is 2.25. The summed E-state index contributed by atoms with van der Waals surface area (Å²) in [6.45, 7) is 5.87. The highest BCUT2D eigenvalue weighted by molar-refractivity contribution is 8.00. The van der Waals surface area contributed by atoms with Gasteiger partial charge >= 0.3 is 0 Å². The van der Waals surface area contributed by atoms with E-state index in [1.807, 2.05) is 69.3 Å². The molecule has 1 N–H and O–H groups in total. The van der Waals surface area contributed by atoms with Gasteiger partial charge in [-0.15, -0.1) is 5.10 Å². The number of benzene rings is 2. The number of nitrogens with one attached hydrogen (secondary N) is 1. The van der Waals surface area contributed by atoms with Crippen LogP contribution >= 0.6 is 11.8 Å². The van der Waals surface area contributed by atoms with Gasteiger partial charge in [0.1, 0.15) is 0 Å². The van der Waals surface area contributed by atoms with Crippen LogP contribution in [-0.4, -0.2) is 31.4 Å². The van der Waals surface area contributed by atoms with Crippen LogP contribution in [0.15, 0.2) is 53.7 Å². The number of aryl methyl sites for hydroxylation is 2. The first-order chi connectivity index (χ1) is 12.0. The lowest BCUT2D eigenvalue weighted by Crippen LogP contribution is -2.22. The highest BCUT2D eigenvalue weighted by Gasteiger charge is 2.20. The number of thioether (sulfide) groups is 1. The molecule has 0 saturated heterocycles. The predicted molar refractivity (Wildman–Crippen MR) is 99.0 cm³/mol. The van der Waals surface area contributed by atoms with Crippen LogP contribution < -0.4 is 5.32 Å². The molecule has 0 aliphatic heterocycles. The molecule has 25 heavy (non-hydrogen) atoms. The van der Waals surface area contributed by atoms with Gasteiger partial charge in [0, 0.05) is 5.69 Å². The first-order valence-corrected chi connectivity index (χ1v) is 8.81. The Kier molecular flexibility index (Phi) is 5.14. The normalized spacial score (nSPS) is 12.0. The molecular weight excluding hydrogens is 334 g/mol. The zero-order chi connectivity index (χ0) is 17.8. The van der Waals surface area contributed by atoms with Crippen LogP contribution in [0.3, 0.4) is 0 Å². The third-order valence-corrected chi connectivity index (χ3v) is 4.76. The van der Waals surface area contributed by atoms with Crippen molar-refractivity contribution in [2.45, 2.75) is 31.2 Å². The van der Waals surface area contributed by atoms with Crippen LogP contribution in [0.2, 0.25) is 0 Å². The number of amides is 1. The lowest BCUT2D eigenvalue weighted by atomic mass is 10.1. The minimum Gasteiger partial charge on any atom is -0.325 e. The maximum atomic E-state index is 12.4. The lowest BCUT2D eigenvalue weighted by molar-refractivity contribution is -0.115. The molecule has 1 aromatic heterocycles. The quantitative estimate of drug-likeness (QED) is 0.712. The van der Waals surface area contributed by atoms with Gasteiger partial charge < -0.3 is 5.32 Å². The number of carbonyl (C=O) groups is 1. The van der Waals surface area contributed by atoms with Crippen LogP contribution in [0, 0.1) is 13.8 Å². The van der Waals surface area contributed by atoms with Gasteiger partial charge in [-0.05, 0) is 60.5 Å². The Bertz CT molecular complexity index is 878.